The minimum Gasteiger partial charge on any atom is -0.296 e. The van der Waals surface area contributed by atoms with Gasteiger partial charge in [-0.15, -0.1) is 0 Å². The second kappa shape index (κ2) is 7.48. The quantitative estimate of drug-likeness (QED) is 0.658. The first kappa shape index (κ1) is 18.4. The molecule has 0 unspecified atom stereocenters. The molecule has 0 amide bonds. The first-order valence-corrected chi connectivity index (χ1v) is 10.2. The fourth-order valence-electron chi connectivity index (χ4n) is 2.82. The summed E-state index contributed by atoms with van der Waals surface area (Å²) in [5.41, 5.74) is -0.508. The van der Waals surface area contributed by atoms with Crippen LogP contribution in [0.25, 0.3) is 0 Å². The normalized spacial score (nSPS) is 13.6. The summed E-state index contributed by atoms with van der Waals surface area (Å²) in [6.07, 6.45) is 0. The largest absolute Gasteiger partial charge is 0.296 e. The lowest BCUT2D eigenvalue weighted by Crippen LogP contribution is -2.41. The molecule has 0 heterocycles. The number of benzene rings is 3. The molecule has 0 aliphatic heterocycles. The standard InChI is InChI=1S/C21H18ClN2OP/c1-21(16-23,17-9-8-10-18(22)15-17)24-26(25,19-11-4-2-5-12-19)20-13-6-3-7-14-20/h2-15H,1H3,(H,24,25)/t21-/m0/s1. The van der Waals surface area contributed by atoms with Gasteiger partial charge in [0.25, 0.3) is 0 Å². The molecule has 0 aliphatic rings. The number of hydrogen-bond acceptors (Lipinski definition) is 2. The Kier molecular flexibility index (Phi) is 5.30. The Morgan fingerprint density at radius 3 is 1.92 bits per heavy atom. The van der Waals surface area contributed by atoms with Gasteiger partial charge in [0.05, 0.1) is 6.07 Å². The minimum atomic E-state index is -3.26. The predicted molar refractivity (Wildman–Crippen MR) is 107 cm³/mol. The zero-order chi connectivity index (χ0) is 18.6. The molecule has 3 aromatic rings. The summed E-state index contributed by atoms with van der Waals surface area (Å²) < 4.78 is 14.2. The first-order chi connectivity index (χ1) is 12.5. The molecule has 0 saturated heterocycles. The lowest BCUT2D eigenvalue weighted by molar-refractivity contribution is 0.532. The van der Waals surface area contributed by atoms with Gasteiger partial charge in [-0.2, -0.15) is 5.26 Å². The maximum absolute atomic E-state index is 14.2. The third-order valence-corrected chi connectivity index (χ3v) is 7.29. The molecule has 0 spiro atoms. The molecule has 1 N–H and O–H groups in total. The average molecular weight is 381 g/mol. The van der Waals surface area contributed by atoms with Crippen LogP contribution in [0.1, 0.15) is 12.5 Å². The second-order valence-electron chi connectivity index (χ2n) is 6.14. The van der Waals surface area contributed by atoms with Crippen molar-refractivity contribution >= 4 is 29.5 Å². The molecule has 0 aliphatic carbocycles. The Balaban J connectivity index is 2.15. The highest BCUT2D eigenvalue weighted by atomic mass is 35.5. The Hall–Kier alpha value is -2.37. The number of hydrogen-bond donors (Lipinski definition) is 1. The highest BCUT2D eigenvalue weighted by Crippen LogP contribution is 2.43. The van der Waals surface area contributed by atoms with E-state index < -0.39 is 12.8 Å². The van der Waals surface area contributed by atoms with E-state index in [-0.39, 0.29) is 0 Å². The SMILES string of the molecule is C[C@@](C#N)(NP(=O)(c1ccccc1)c1ccccc1)c1cccc(Cl)c1. The lowest BCUT2D eigenvalue weighted by Gasteiger charge is -2.31. The van der Waals surface area contributed by atoms with Gasteiger partial charge in [0.15, 0.2) is 0 Å². The summed E-state index contributed by atoms with van der Waals surface area (Å²) >= 11 is 6.11. The highest BCUT2D eigenvalue weighted by Gasteiger charge is 2.37. The van der Waals surface area contributed by atoms with Crippen LogP contribution < -0.4 is 15.7 Å². The molecule has 0 fully saturated rings. The van der Waals surface area contributed by atoms with Crippen molar-refractivity contribution < 1.29 is 4.57 Å². The fourth-order valence-corrected chi connectivity index (χ4v) is 5.56. The average Bonchev–Trinajstić information content (AvgIpc) is 2.69. The molecule has 0 aromatic heterocycles. The van der Waals surface area contributed by atoms with Gasteiger partial charge in [0, 0.05) is 15.6 Å². The fraction of sp³-hybridized carbons (Fsp3) is 0.0952. The summed E-state index contributed by atoms with van der Waals surface area (Å²) in [7, 11) is -3.26. The van der Waals surface area contributed by atoms with Gasteiger partial charge in [0.1, 0.15) is 5.54 Å². The van der Waals surface area contributed by atoms with Crippen LogP contribution in [0.4, 0.5) is 0 Å². The summed E-state index contributed by atoms with van der Waals surface area (Å²) in [6, 6.07) is 27.7. The van der Waals surface area contributed by atoms with Gasteiger partial charge in [-0.3, -0.25) is 4.57 Å². The number of halogens is 1. The van der Waals surface area contributed by atoms with Crippen LogP contribution in [0.5, 0.6) is 0 Å². The third kappa shape index (κ3) is 3.59. The topological polar surface area (TPSA) is 52.9 Å². The molecule has 3 nitrogen and oxygen atoms in total. The van der Waals surface area contributed by atoms with E-state index in [1.165, 1.54) is 0 Å². The molecule has 26 heavy (non-hydrogen) atoms. The predicted octanol–water partition coefficient (Wildman–Crippen LogP) is 4.60. The van der Waals surface area contributed by atoms with Crippen molar-refractivity contribution in [3.63, 3.8) is 0 Å². The maximum Gasteiger partial charge on any atom is 0.206 e. The van der Waals surface area contributed by atoms with Gasteiger partial charge in [-0.25, -0.2) is 5.09 Å². The number of rotatable bonds is 5. The van der Waals surface area contributed by atoms with E-state index in [1.54, 1.807) is 25.1 Å². The van der Waals surface area contributed by atoms with Gasteiger partial charge < -0.3 is 0 Å². The first-order valence-electron chi connectivity index (χ1n) is 8.16. The molecule has 1 atom stereocenters. The molecule has 0 bridgehead atoms. The maximum atomic E-state index is 14.2. The van der Waals surface area contributed by atoms with Gasteiger partial charge in [-0.05, 0) is 48.9 Å². The van der Waals surface area contributed by atoms with E-state index in [0.717, 1.165) is 0 Å². The van der Waals surface area contributed by atoms with Crippen molar-refractivity contribution in [2.75, 3.05) is 0 Å². The van der Waals surface area contributed by atoms with Crippen LogP contribution in [-0.4, -0.2) is 0 Å². The monoisotopic (exact) mass is 380 g/mol. The molecule has 0 saturated carbocycles. The van der Waals surface area contributed by atoms with Crippen molar-refractivity contribution in [3.05, 3.63) is 95.5 Å². The van der Waals surface area contributed by atoms with Crippen LogP contribution in [0.3, 0.4) is 0 Å². The molecule has 3 aromatic carbocycles. The van der Waals surface area contributed by atoms with E-state index in [0.29, 0.717) is 21.2 Å². The minimum absolute atomic E-state index is 0.528. The molecular formula is C21H18ClN2OP. The number of nitrogens with zero attached hydrogens (tertiary/aromatic N) is 1. The van der Waals surface area contributed by atoms with Crippen molar-refractivity contribution in [2.24, 2.45) is 0 Å². The van der Waals surface area contributed by atoms with Crippen molar-refractivity contribution in [1.82, 2.24) is 5.09 Å². The van der Waals surface area contributed by atoms with Crippen LogP contribution in [0.15, 0.2) is 84.9 Å². The van der Waals surface area contributed by atoms with E-state index in [2.05, 4.69) is 11.2 Å². The van der Waals surface area contributed by atoms with Gasteiger partial charge in [-0.1, -0.05) is 60.1 Å². The zero-order valence-electron chi connectivity index (χ0n) is 14.3. The number of nitriles is 1. The Morgan fingerprint density at radius 2 is 1.46 bits per heavy atom. The van der Waals surface area contributed by atoms with Crippen molar-refractivity contribution in [3.8, 4) is 6.07 Å². The Morgan fingerprint density at radius 1 is 0.923 bits per heavy atom. The molecular weight excluding hydrogens is 363 g/mol. The Bertz CT molecular complexity index is 942. The van der Waals surface area contributed by atoms with Crippen molar-refractivity contribution in [1.29, 1.82) is 5.26 Å². The summed E-state index contributed by atoms with van der Waals surface area (Å²) in [5, 5.41) is 14.9. The summed E-state index contributed by atoms with van der Waals surface area (Å²) in [4.78, 5) is 0. The highest BCUT2D eigenvalue weighted by molar-refractivity contribution is 7.77. The zero-order valence-corrected chi connectivity index (χ0v) is 15.9. The van der Waals surface area contributed by atoms with Gasteiger partial charge in [0.2, 0.25) is 7.29 Å². The van der Waals surface area contributed by atoms with E-state index >= 15 is 0 Å². The Labute approximate surface area is 158 Å². The van der Waals surface area contributed by atoms with Crippen LogP contribution in [0, 0.1) is 11.3 Å². The molecule has 0 radical (unpaired) electrons. The molecule has 130 valence electrons. The van der Waals surface area contributed by atoms with Crippen LogP contribution >= 0.6 is 18.9 Å². The van der Waals surface area contributed by atoms with Crippen LogP contribution in [0.2, 0.25) is 5.02 Å². The summed E-state index contributed by atoms with van der Waals surface area (Å²) in [6.45, 7) is 1.72. The van der Waals surface area contributed by atoms with E-state index in [1.807, 2.05) is 66.7 Å². The molecule has 5 heteroatoms. The summed E-state index contributed by atoms with van der Waals surface area (Å²) in [5.74, 6) is 0. The lowest BCUT2D eigenvalue weighted by atomic mass is 9.95. The molecule has 3 rings (SSSR count). The number of nitrogens with one attached hydrogen (secondary N) is 1. The third-order valence-electron chi connectivity index (χ3n) is 4.25. The van der Waals surface area contributed by atoms with Crippen LogP contribution in [-0.2, 0) is 10.1 Å². The smallest absolute Gasteiger partial charge is 0.206 e. The van der Waals surface area contributed by atoms with Gasteiger partial charge >= 0.3 is 0 Å². The van der Waals surface area contributed by atoms with E-state index in [9.17, 15) is 9.83 Å². The van der Waals surface area contributed by atoms with E-state index in [4.69, 9.17) is 11.6 Å². The van der Waals surface area contributed by atoms with Crippen molar-refractivity contribution in [2.45, 2.75) is 12.5 Å². The second-order valence-corrected chi connectivity index (χ2v) is 9.05.